The fourth-order valence-electron chi connectivity index (χ4n) is 3.14. The van der Waals surface area contributed by atoms with Crippen LogP contribution in [0.4, 0.5) is 10.5 Å². The summed E-state index contributed by atoms with van der Waals surface area (Å²) in [6.07, 6.45) is 0. The molecular weight excluding hydrogens is 350 g/mol. The van der Waals surface area contributed by atoms with Crippen molar-refractivity contribution in [3.63, 3.8) is 0 Å². The molecule has 1 saturated heterocycles. The summed E-state index contributed by atoms with van der Waals surface area (Å²) in [5, 5.41) is 12.4. The van der Waals surface area contributed by atoms with Crippen LogP contribution in [0.1, 0.15) is 5.56 Å². The molecule has 0 unspecified atom stereocenters. The number of ether oxygens (including phenoxy) is 1. The van der Waals surface area contributed by atoms with Crippen LogP contribution < -0.4 is 10.9 Å². The number of hydrogen-bond donors (Lipinski definition) is 2. The summed E-state index contributed by atoms with van der Waals surface area (Å²) in [5.74, 6) is 0. The number of carbonyl (C=O) groups excluding carboxylic acids is 1. The zero-order valence-electron chi connectivity index (χ0n) is 15.4. The van der Waals surface area contributed by atoms with Gasteiger partial charge in [0, 0.05) is 55.9 Å². The number of amides is 2. The average Bonchev–Trinajstić information content (AvgIpc) is 2.65. The Bertz CT molecular complexity index is 843. The van der Waals surface area contributed by atoms with Crippen molar-refractivity contribution in [2.24, 2.45) is 0 Å². The third-order valence-corrected chi connectivity index (χ3v) is 4.65. The minimum atomic E-state index is -0.400. The molecule has 3 rings (SSSR count). The second-order valence-corrected chi connectivity index (χ2v) is 6.55. The minimum absolute atomic E-state index is 0.0334. The van der Waals surface area contributed by atoms with Gasteiger partial charge in [-0.2, -0.15) is 0 Å². The van der Waals surface area contributed by atoms with Crippen molar-refractivity contribution in [2.45, 2.75) is 6.92 Å². The molecule has 0 spiro atoms. The number of fused-ring (bicyclic) bond motifs is 1. The first-order chi connectivity index (χ1) is 13.1. The van der Waals surface area contributed by atoms with Gasteiger partial charge in [0.05, 0.1) is 19.8 Å². The van der Waals surface area contributed by atoms with E-state index < -0.39 is 5.63 Å². The summed E-state index contributed by atoms with van der Waals surface area (Å²) in [7, 11) is 0. The lowest BCUT2D eigenvalue weighted by molar-refractivity contribution is 0.0627. The molecule has 146 valence electrons. The van der Waals surface area contributed by atoms with Crippen molar-refractivity contribution >= 4 is 22.7 Å². The van der Waals surface area contributed by atoms with E-state index in [0.29, 0.717) is 37.6 Å². The number of aliphatic hydroxyl groups excluding tert-OH is 1. The molecule has 0 radical (unpaired) electrons. The van der Waals surface area contributed by atoms with Crippen LogP contribution in [0.5, 0.6) is 0 Å². The number of rotatable bonds is 6. The van der Waals surface area contributed by atoms with Crippen molar-refractivity contribution in [3.8, 4) is 0 Å². The summed E-state index contributed by atoms with van der Waals surface area (Å²) in [6.45, 7) is 6.43. The third kappa shape index (κ3) is 5.06. The second kappa shape index (κ2) is 8.98. The zero-order chi connectivity index (χ0) is 19.2. The summed E-state index contributed by atoms with van der Waals surface area (Å²) >= 11 is 0. The topological polar surface area (TPSA) is 95.3 Å². The van der Waals surface area contributed by atoms with Gasteiger partial charge in [0.2, 0.25) is 0 Å². The summed E-state index contributed by atoms with van der Waals surface area (Å²) in [6, 6.07) is 6.61. The SMILES string of the molecule is Cc1cc(=O)oc2cc(NC(=O)N3CCN(CCOCCO)CC3)ccc12. The van der Waals surface area contributed by atoms with Crippen LogP contribution in [0.15, 0.2) is 33.5 Å². The lowest BCUT2D eigenvalue weighted by atomic mass is 10.1. The average molecular weight is 375 g/mol. The Morgan fingerprint density at radius 1 is 1.22 bits per heavy atom. The van der Waals surface area contributed by atoms with Gasteiger partial charge in [0.15, 0.2) is 0 Å². The highest BCUT2D eigenvalue weighted by Crippen LogP contribution is 2.21. The molecule has 8 nitrogen and oxygen atoms in total. The normalized spacial score (nSPS) is 15.3. The van der Waals surface area contributed by atoms with Gasteiger partial charge in [-0.05, 0) is 24.6 Å². The van der Waals surface area contributed by atoms with Gasteiger partial charge in [0.25, 0.3) is 0 Å². The zero-order valence-corrected chi connectivity index (χ0v) is 15.4. The third-order valence-electron chi connectivity index (χ3n) is 4.65. The van der Waals surface area contributed by atoms with Crippen molar-refractivity contribution < 1.29 is 19.1 Å². The number of anilines is 1. The molecule has 1 aliphatic rings. The Morgan fingerprint density at radius 3 is 2.74 bits per heavy atom. The summed E-state index contributed by atoms with van der Waals surface area (Å²) in [4.78, 5) is 28.0. The van der Waals surface area contributed by atoms with Crippen LogP contribution in [0.2, 0.25) is 0 Å². The van der Waals surface area contributed by atoms with Gasteiger partial charge in [-0.3, -0.25) is 4.90 Å². The largest absolute Gasteiger partial charge is 0.423 e. The molecule has 0 bridgehead atoms. The summed E-state index contributed by atoms with van der Waals surface area (Å²) in [5.41, 5.74) is 1.51. The van der Waals surface area contributed by atoms with E-state index in [-0.39, 0.29) is 12.6 Å². The van der Waals surface area contributed by atoms with E-state index in [1.54, 1.807) is 11.0 Å². The van der Waals surface area contributed by atoms with Crippen LogP contribution in [-0.2, 0) is 4.74 Å². The van der Waals surface area contributed by atoms with E-state index >= 15 is 0 Å². The van der Waals surface area contributed by atoms with Crippen molar-refractivity contribution in [1.82, 2.24) is 9.80 Å². The molecule has 1 aromatic carbocycles. The fraction of sp³-hybridized carbons (Fsp3) is 0.474. The van der Waals surface area contributed by atoms with Crippen LogP contribution in [0, 0.1) is 6.92 Å². The Kier molecular flexibility index (Phi) is 6.44. The second-order valence-electron chi connectivity index (χ2n) is 6.55. The van der Waals surface area contributed by atoms with E-state index in [0.717, 1.165) is 30.6 Å². The molecule has 1 aromatic heterocycles. The highest BCUT2D eigenvalue weighted by molar-refractivity contribution is 5.92. The smallest absolute Gasteiger partial charge is 0.336 e. The van der Waals surface area contributed by atoms with Gasteiger partial charge in [-0.15, -0.1) is 0 Å². The quantitative estimate of drug-likeness (QED) is 0.583. The van der Waals surface area contributed by atoms with E-state index in [2.05, 4.69) is 10.2 Å². The predicted octanol–water partition coefficient (Wildman–Crippen LogP) is 1.26. The van der Waals surface area contributed by atoms with Crippen LogP contribution >= 0.6 is 0 Å². The van der Waals surface area contributed by atoms with E-state index in [1.165, 1.54) is 6.07 Å². The number of benzene rings is 1. The molecular formula is C19H25N3O5. The van der Waals surface area contributed by atoms with Gasteiger partial charge in [-0.1, -0.05) is 0 Å². The first kappa shape index (κ1) is 19.3. The molecule has 2 N–H and O–H groups in total. The van der Waals surface area contributed by atoms with E-state index in [4.69, 9.17) is 14.3 Å². The number of aliphatic hydroxyl groups is 1. The van der Waals surface area contributed by atoms with Crippen LogP contribution in [0.3, 0.4) is 0 Å². The molecule has 1 fully saturated rings. The Morgan fingerprint density at radius 2 is 2.00 bits per heavy atom. The molecule has 0 aliphatic carbocycles. The maximum absolute atomic E-state index is 12.5. The lowest BCUT2D eigenvalue weighted by Gasteiger charge is -2.34. The van der Waals surface area contributed by atoms with E-state index in [9.17, 15) is 9.59 Å². The maximum atomic E-state index is 12.5. The standard InChI is InChI=1S/C19H25N3O5/c1-14-12-18(24)27-17-13-15(2-3-16(14)17)20-19(25)22-6-4-21(5-7-22)8-10-26-11-9-23/h2-3,12-13,23H,4-11H2,1H3,(H,20,25). The molecule has 2 amide bonds. The van der Waals surface area contributed by atoms with Gasteiger partial charge in [0.1, 0.15) is 5.58 Å². The maximum Gasteiger partial charge on any atom is 0.336 e. The summed E-state index contributed by atoms with van der Waals surface area (Å²) < 4.78 is 10.5. The number of urea groups is 1. The Labute approximate surface area is 157 Å². The molecule has 27 heavy (non-hydrogen) atoms. The van der Waals surface area contributed by atoms with Crippen LogP contribution in [0.25, 0.3) is 11.0 Å². The number of aryl methyl sites for hydroxylation is 1. The molecule has 0 atom stereocenters. The molecule has 2 aromatic rings. The number of nitrogens with zero attached hydrogens (tertiary/aromatic N) is 2. The van der Waals surface area contributed by atoms with Gasteiger partial charge >= 0.3 is 11.7 Å². The number of carbonyl (C=O) groups is 1. The number of piperazine rings is 1. The molecule has 2 heterocycles. The minimum Gasteiger partial charge on any atom is -0.423 e. The van der Waals surface area contributed by atoms with E-state index in [1.807, 2.05) is 19.1 Å². The van der Waals surface area contributed by atoms with Gasteiger partial charge < -0.3 is 24.5 Å². The molecule has 1 aliphatic heterocycles. The molecule has 8 heteroatoms. The van der Waals surface area contributed by atoms with Crippen molar-refractivity contribution in [2.75, 3.05) is 57.9 Å². The fourth-order valence-corrected chi connectivity index (χ4v) is 3.14. The first-order valence-corrected chi connectivity index (χ1v) is 9.08. The van der Waals surface area contributed by atoms with Crippen molar-refractivity contribution in [3.05, 3.63) is 40.2 Å². The monoisotopic (exact) mass is 375 g/mol. The Balaban J connectivity index is 1.54. The number of hydrogen-bond acceptors (Lipinski definition) is 6. The van der Waals surface area contributed by atoms with Crippen molar-refractivity contribution in [1.29, 1.82) is 0 Å². The Hall–Kier alpha value is -2.42. The highest BCUT2D eigenvalue weighted by atomic mass is 16.5. The number of nitrogens with one attached hydrogen (secondary N) is 1. The predicted molar refractivity (Wildman–Crippen MR) is 102 cm³/mol. The van der Waals surface area contributed by atoms with Gasteiger partial charge in [-0.25, -0.2) is 9.59 Å². The lowest BCUT2D eigenvalue weighted by Crippen LogP contribution is -2.50. The highest BCUT2D eigenvalue weighted by Gasteiger charge is 2.21. The first-order valence-electron chi connectivity index (χ1n) is 9.08. The molecule has 0 saturated carbocycles. The van der Waals surface area contributed by atoms with Crippen LogP contribution in [-0.4, -0.2) is 73.5 Å².